The van der Waals surface area contributed by atoms with Crippen LogP contribution in [0.4, 0.5) is 0 Å². The topological polar surface area (TPSA) is 96.2 Å². The monoisotopic (exact) mass is 352 g/mol. The first-order valence-corrected chi connectivity index (χ1v) is 13.8. The summed E-state index contributed by atoms with van der Waals surface area (Å²) in [5, 5.41) is 26.6. The number of carboxylic acids is 1. The van der Waals surface area contributed by atoms with Gasteiger partial charge in [0.15, 0.2) is 8.32 Å². The molecule has 0 rings (SSSR count). The highest BCUT2D eigenvalue weighted by Crippen LogP contribution is 2.22. The molecule has 0 aromatic rings. The van der Waals surface area contributed by atoms with Crippen molar-refractivity contribution in [1.29, 1.82) is 0 Å². The van der Waals surface area contributed by atoms with Gasteiger partial charge in [0.25, 0.3) is 0 Å². The summed E-state index contributed by atoms with van der Waals surface area (Å²) in [6.07, 6.45) is 0.881. The van der Waals surface area contributed by atoms with Gasteiger partial charge < -0.3 is 24.2 Å². The number of ether oxygens (including phenoxy) is 1. The van der Waals surface area contributed by atoms with Crippen LogP contribution in [0.2, 0.25) is 32.7 Å². The van der Waals surface area contributed by atoms with E-state index in [1.165, 1.54) is 0 Å². The minimum Gasteiger partial charge on any atom is -0.478 e. The van der Waals surface area contributed by atoms with E-state index in [4.69, 9.17) is 19.1 Å². The molecule has 0 aromatic carbocycles. The number of aliphatic carboxylic acids is 1. The van der Waals surface area contributed by atoms with Crippen LogP contribution in [-0.4, -0.2) is 63.0 Å². The molecule has 0 saturated carbocycles. The molecule has 2 unspecified atom stereocenters. The molecular weight excluding hydrogens is 320 g/mol. The van der Waals surface area contributed by atoms with Crippen molar-refractivity contribution in [2.24, 2.45) is 0 Å². The lowest BCUT2D eigenvalue weighted by molar-refractivity contribution is -0.131. The fourth-order valence-corrected chi connectivity index (χ4v) is 10.3. The molecule has 0 heterocycles. The van der Waals surface area contributed by atoms with Crippen LogP contribution in [0.3, 0.4) is 0 Å². The Labute approximate surface area is 136 Å². The number of aliphatic hydroxyl groups is 2. The van der Waals surface area contributed by atoms with Gasteiger partial charge in [0.1, 0.15) is 11.8 Å². The molecule has 0 bridgehead atoms. The van der Waals surface area contributed by atoms with E-state index in [1.807, 2.05) is 20.0 Å². The minimum atomic E-state index is -2.16. The number of hydrogen-bond donors (Lipinski definition) is 3. The SMILES string of the molecule is C=CC(=O)O.CCCOC(C(O)CO)[Si](C)(C)O[Si](C)(C)C. The maximum Gasteiger partial charge on any atom is 0.327 e. The second-order valence-corrected chi connectivity index (χ2v) is 15.2. The Morgan fingerprint density at radius 2 is 1.73 bits per heavy atom. The highest BCUT2D eigenvalue weighted by Gasteiger charge is 2.42. The van der Waals surface area contributed by atoms with Crippen LogP contribution < -0.4 is 0 Å². The number of hydrogen-bond acceptors (Lipinski definition) is 5. The zero-order chi connectivity index (χ0) is 18.0. The van der Waals surface area contributed by atoms with Gasteiger partial charge in [-0.2, -0.15) is 0 Å². The average Bonchev–Trinajstić information content (AvgIpc) is 2.36. The second kappa shape index (κ2) is 11.1. The van der Waals surface area contributed by atoms with Gasteiger partial charge >= 0.3 is 5.97 Å². The lowest BCUT2D eigenvalue weighted by Gasteiger charge is -2.39. The summed E-state index contributed by atoms with van der Waals surface area (Å²) in [7, 11) is -3.82. The summed E-state index contributed by atoms with van der Waals surface area (Å²) < 4.78 is 11.9. The molecule has 0 aliphatic rings. The third-order valence-corrected chi connectivity index (χ3v) is 8.94. The maximum atomic E-state index is 9.87. The molecule has 0 aromatic heterocycles. The Morgan fingerprint density at radius 3 is 2.00 bits per heavy atom. The van der Waals surface area contributed by atoms with Crippen molar-refractivity contribution in [3.8, 4) is 0 Å². The van der Waals surface area contributed by atoms with E-state index >= 15 is 0 Å². The predicted molar refractivity (Wildman–Crippen MR) is 92.9 cm³/mol. The van der Waals surface area contributed by atoms with Crippen LogP contribution in [0.15, 0.2) is 12.7 Å². The quantitative estimate of drug-likeness (QED) is 0.434. The van der Waals surface area contributed by atoms with Crippen molar-refractivity contribution >= 4 is 22.6 Å². The lowest BCUT2D eigenvalue weighted by atomic mass is 10.4. The zero-order valence-corrected chi connectivity index (χ0v) is 16.6. The Kier molecular flexibility index (Phi) is 12.0. The summed E-state index contributed by atoms with van der Waals surface area (Å²) in [5.74, 6) is -0.981. The number of aliphatic hydroxyl groups excluding tert-OH is 2. The van der Waals surface area contributed by atoms with E-state index in [9.17, 15) is 9.90 Å². The van der Waals surface area contributed by atoms with Crippen LogP contribution in [0, 0.1) is 0 Å². The normalized spacial score (nSPS) is 14.5. The largest absolute Gasteiger partial charge is 0.478 e. The van der Waals surface area contributed by atoms with Crippen molar-refractivity contribution in [3.63, 3.8) is 0 Å². The number of rotatable bonds is 9. The van der Waals surface area contributed by atoms with Crippen molar-refractivity contribution in [1.82, 2.24) is 0 Å². The molecular formula is C14H32O6Si2. The zero-order valence-electron chi connectivity index (χ0n) is 14.6. The molecule has 0 aliphatic heterocycles. The van der Waals surface area contributed by atoms with Crippen LogP contribution in [0.25, 0.3) is 0 Å². The smallest absolute Gasteiger partial charge is 0.327 e. The molecule has 0 saturated heterocycles. The van der Waals surface area contributed by atoms with Gasteiger partial charge in [-0.05, 0) is 39.2 Å². The fraction of sp³-hybridized carbons (Fsp3) is 0.786. The van der Waals surface area contributed by atoms with Gasteiger partial charge in [-0.3, -0.25) is 0 Å². The molecule has 0 radical (unpaired) electrons. The predicted octanol–water partition coefficient (Wildman–Crippen LogP) is 1.99. The first kappa shape index (κ1) is 23.7. The van der Waals surface area contributed by atoms with Gasteiger partial charge in [0.2, 0.25) is 8.32 Å². The van der Waals surface area contributed by atoms with E-state index in [2.05, 4.69) is 26.2 Å². The number of carboxylic acid groups (broad SMARTS) is 1. The summed E-state index contributed by atoms with van der Waals surface area (Å²) in [5.41, 5.74) is -0.362. The average molecular weight is 353 g/mol. The van der Waals surface area contributed by atoms with Crippen molar-refractivity contribution in [2.45, 2.75) is 57.9 Å². The van der Waals surface area contributed by atoms with Crippen molar-refractivity contribution in [3.05, 3.63) is 12.7 Å². The fourth-order valence-electron chi connectivity index (χ4n) is 1.96. The lowest BCUT2D eigenvalue weighted by Crippen LogP contribution is -2.57. The maximum absolute atomic E-state index is 9.87. The van der Waals surface area contributed by atoms with Crippen LogP contribution >= 0.6 is 0 Å². The Morgan fingerprint density at radius 1 is 1.27 bits per heavy atom. The molecule has 0 aliphatic carbocycles. The molecule has 22 heavy (non-hydrogen) atoms. The molecule has 0 spiro atoms. The second-order valence-electron chi connectivity index (χ2n) is 6.40. The van der Waals surface area contributed by atoms with E-state index < -0.39 is 28.7 Å². The number of carbonyl (C=O) groups is 1. The van der Waals surface area contributed by atoms with Crippen molar-refractivity contribution < 1.29 is 29.0 Å². The summed E-state index contributed by atoms with van der Waals surface area (Å²) in [6.45, 7) is 15.8. The van der Waals surface area contributed by atoms with Gasteiger partial charge in [-0.25, -0.2) is 4.79 Å². The summed E-state index contributed by atoms with van der Waals surface area (Å²) >= 11 is 0. The Hall–Kier alpha value is -0.516. The van der Waals surface area contributed by atoms with E-state index in [1.54, 1.807) is 0 Å². The molecule has 2 atom stereocenters. The van der Waals surface area contributed by atoms with Gasteiger partial charge in [-0.15, -0.1) is 0 Å². The first-order chi connectivity index (χ1) is 9.91. The summed E-state index contributed by atoms with van der Waals surface area (Å²) in [6, 6.07) is 0. The highest BCUT2D eigenvalue weighted by atomic mass is 28.4. The van der Waals surface area contributed by atoms with Gasteiger partial charge in [0, 0.05) is 12.7 Å². The molecule has 8 heteroatoms. The highest BCUT2D eigenvalue weighted by molar-refractivity contribution is 6.85. The first-order valence-electron chi connectivity index (χ1n) is 7.37. The summed E-state index contributed by atoms with van der Waals surface area (Å²) in [4.78, 5) is 9.25. The minimum absolute atomic E-state index is 0.278. The third kappa shape index (κ3) is 12.1. The Bertz CT molecular complexity index is 328. The molecule has 6 nitrogen and oxygen atoms in total. The van der Waals surface area contributed by atoms with E-state index in [0.29, 0.717) is 6.61 Å². The molecule has 132 valence electrons. The van der Waals surface area contributed by atoms with E-state index in [0.717, 1.165) is 12.5 Å². The Balaban J connectivity index is 0. The van der Waals surface area contributed by atoms with Crippen LogP contribution in [-0.2, 0) is 13.6 Å². The molecule has 0 fully saturated rings. The molecule has 0 amide bonds. The molecule has 3 N–H and O–H groups in total. The van der Waals surface area contributed by atoms with E-state index in [-0.39, 0.29) is 12.3 Å². The van der Waals surface area contributed by atoms with Crippen LogP contribution in [0.5, 0.6) is 0 Å². The van der Waals surface area contributed by atoms with Gasteiger partial charge in [0.05, 0.1) is 6.61 Å². The van der Waals surface area contributed by atoms with Crippen LogP contribution in [0.1, 0.15) is 13.3 Å². The van der Waals surface area contributed by atoms with Crippen molar-refractivity contribution in [2.75, 3.05) is 13.2 Å². The standard InChI is InChI=1S/C11H28O4Si2.C3H4O2/c1-7-8-14-11(10(13)9-12)17(5,6)15-16(2,3)4;1-2-3(4)5/h10-13H,7-9H2,1-6H3;2H,1H2,(H,4,5). The third-order valence-electron chi connectivity index (χ3n) is 2.47. The van der Waals surface area contributed by atoms with Gasteiger partial charge in [-0.1, -0.05) is 13.5 Å².